The van der Waals surface area contributed by atoms with Gasteiger partial charge in [-0.2, -0.15) is 0 Å². The summed E-state index contributed by atoms with van der Waals surface area (Å²) in [6, 6.07) is 6.55. The van der Waals surface area contributed by atoms with E-state index >= 15 is 0 Å². The van der Waals surface area contributed by atoms with Crippen LogP contribution in [0.5, 0.6) is 0 Å². The fourth-order valence-corrected chi connectivity index (χ4v) is 0.962. The van der Waals surface area contributed by atoms with Crippen LogP contribution in [0.15, 0.2) is 24.3 Å². The molecule has 0 heterocycles. The van der Waals surface area contributed by atoms with E-state index in [0.29, 0.717) is 11.1 Å². The number of amides is 1. The van der Waals surface area contributed by atoms with Gasteiger partial charge in [-0.3, -0.25) is 4.79 Å². The van der Waals surface area contributed by atoms with E-state index < -0.39 is 0 Å². The molecule has 3 nitrogen and oxygen atoms in total. The Kier molecular flexibility index (Phi) is 2.93. The first-order chi connectivity index (χ1) is 6.15. The van der Waals surface area contributed by atoms with Crippen molar-refractivity contribution in [1.82, 2.24) is 4.90 Å². The summed E-state index contributed by atoms with van der Waals surface area (Å²) in [6.07, 6.45) is 0.754. The molecule has 1 rings (SSSR count). The van der Waals surface area contributed by atoms with E-state index in [2.05, 4.69) is 0 Å². The third-order valence-electron chi connectivity index (χ3n) is 1.70. The predicted octanol–water partition coefficient (Wildman–Crippen LogP) is 1.04. The topological polar surface area (TPSA) is 40.0 Å². The van der Waals surface area contributed by atoms with Gasteiger partial charge in [0.15, 0.2) is 0 Å². The Morgan fingerprint density at radius 2 is 1.77 bits per heavy atom. The zero-order chi connectivity index (χ0) is 9.84. The lowest BCUT2D eigenvalue weighted by molar-refractivity contribution is 0.0903. The Morgan fingerprint density at radius 3 is 2.15 bits per heavy atom. The van der Waals surface area contributed by atoms with Crippen LogP contribution in [0.4, 0.5) is 0 Å². The maximum absolute atomic E-state index is 11.4. The molecule has 67 valence electrons. The first-order valence-corrected chi connectivity index (χ1v) is 3.92. The van der Waals surface area contributed by atoms with Crippen LogP contribution in [0.3, 0.4) is 0 Å². The molecule has 0 N–H and O–H groups in total. The summed E-state index contributed by atoms with van der Waals surface area (Å²) in [5, 5.41) is 0. The van der Waals surface area contributed by atoms with Gasteiger partial charge in [0, 0.05) is 5.56 Å². The summed E-state index contributed by atoms with van der Waals surface area (Å²) in [5.74, 6) is -0.0579. The van der Waals surface area contributed by atoms with Crippen LogP contribution in [0, 0.1) is 0 Å². The van der Waals surface area contributed by atoms with Gasteiger partial charge in [-0.25, -0.2) is 4.79 Å². The fraction of sp³-hybridized carbons (Fsp3) is 0.200. The Bertz CT molecular complexity index is 314. The van der Waals surface area contributed by atoms with E-state index in [-0.39, 0.29) is 5.91 Å². The maximum atomic E-state index is 11.4. The lowest BCUT2D eigenvalue weighted by atomic mass is 10.1. The highest BCUT2D eigenvalue weighted by atomic mass is 16.2. The van der Waals surface area contributed by atoms with Gasteiger partial charge in [-0.05, 0) is 12.1 Å². The van der Waals surface area contributed by atoms with Gasteiger partial charge in [0.1, 0.15) is 20.4 Å². The highest BCUT2D eigenvalue weighted by Crippen LogP contribution is 2.03. The molecule has 0 saturated heterocycles. The van der Waals surface area contributed by atoms with Crippen molar-refractivity contribution in [3.05, 3.63) is 35.4 Å². The first-order valence-electron chi connectivity index (χ1n) is 3.92. The van der Waals surface area contributed by atoms with Crippen molar-refractivity contribution >= 4 is 12.2 Å². The van der Waals surface area contributed by atoms with Gasteiger partial charge >= 0.3 is 5.91 Å². The highest BCUT2D eigenvalue weighted by molar-refractivity contribution is 5.96. The molecule has 0 aliphatic rings. The zero-order valence-electron chi connectivity index (χ0n) is 7.65. The van der Waals surface area contributed by atoms with Gasteiger partial charge in [0.05, 0.1) is 5.56 Å². The van der Waals surface area contributed by atoms with Crippen molar-refractivity contribution in [3.8, 4) is 0 Å². The highest BCUT2D eigenvalue weighted by Gasteiger charge is 2.16. The van der Waals surface area contributed by atoms with E-state index in [9.17, 15) is 9.59 Å². The Morgan fingerprint density at radius 1 is 1.23 bits per heavy atom. The molecule has 0 fully saturated rings. The quantitative estimate of drug-likeness (QED) is 0.500. The van der Waals surface area contributed by atoms with Crippen molar-refractivity contribution in [2.45, 2.75) is 0 Å². The van der Waals surface area contributed by atoms with Gasteiger partial charge in [-0.15, -0.1) is 4.90 Å². The van der Waals surface area contributed by atoms with Crippen LogP contribution in [0.2, 0.25) is 0 Å². The van der Waals surface area contributed by atoms with Crippen molar-refractivity contribution in [2.75, 3.05) is 14.1 Å². The average molecular weight is 177 g/mol. The van der Waals surface area contributed by atoms with Gasteiger partial charge < -0.3 is 0 Å². The minimum absolute atomic E-state index is 0.0579. The number of carbonyl (C=O) groups excluding carboxylic acids is 2. The molecule has 0 aromatic heterocycles. The molecular weight excluding hydrogens is 166 g/mol. The molecule has 0 bridgehead atoms. The van der Waals surface area contributed by atoms with Crippen molar-refractivity contribution in [3.63, 3.8) is 0 Å². The Labute approximate surface area is 77.0 Å². The Hall–Kier alpha value is -1.48. The van der Waals surface area contributed by atoms with Crippen LogP contribution in [-0.2, 0) is 0 Å². The number of aldehydes is 1. The average Bonchev–Trinajstić information content (AvgIpc) is 2.17. The summed E-state index contributed by atoms with van der Waals surface area (Å²) < 4.78 is 0. The minimum atomic E-state index is -0.0579. The van der Waals surface area contributed by atoms with Gasteiger partial charge in [0.25, 0.3) is 0 Å². The van der Waals surface area contributed by atoms with Crippen molar-refractivity contribution in [1.29, 1.82) is 0 Å². The molecule has 1 aromatic rings. The number of hydrogen-bond donors (Lipinski definition) is 0. The monoisotopic (exact) mass is 177 g/mol. The van der Waals surface area contributed by atoms with Crippen LogP contribution >= 0.6 is 0 Å². The molecule has 0 unspecified atom stereocenters. The van der Waals surface area contributed by atoms with E-state index in [1.165, 1.54) is 4.90 Å². The lowest BCUT2D eigenvalue weighted by Crippen LogP contribution is -2.27. The zero-order valence-corrected chi connectivity index (χ0v) is 7.65. The molecule has 1 amide bonds. The summed E-state index contributed by atoms with van der Waals surface area (Å²) in [7, 11) is 3.38. The second kappa shape index (κ2) is 3.96. The summed E-state index contributed by atoms with van der Waals surface area (Å²) >= 11 is 0. The van der Waals surface area contributed by atoms with E-state index in [1.807, 2.05) is 0 Å². The molecule has 0 aliphatic heterocycles. The largest absolute Gasteiger partial charge is 0.392 e. The van der Waals surface area contributed by atoms with Crippen molar-refractivity contribution < 1.29 is 9.59 Å². The van der Waals surface area contributed by atoms with Crippen LogP contribution in [-0.4, -0.2) is 26.3 Å². The smallest absolute Gasteiger partial charge is 0.298 e. The molecule has 1 aromatic carbocycles. The summed E-state index contributed by atoms with van der Waals surface area (Å²) in [5.41, 5.74) is 1.17. The van der Waals surface area contributed by atoms with E-state index in [0.717, 1.165) is 6.29 Å². The van der Waals surface area contributed by atoms with Gasteiger partial charge in [0.2, 0.25) is 0 Å². The number of rotatable bonds is 2. The second-order valence-electron chi connectivity index (χ2n) is 2.94. The summed E-state index contributed by atoms with van der Waals surface area (Å²) in [6.45, 7) is 0. The van der Waals surface area contributed by atoms with Gasteiger partial charge in [-0.1, -0.05) is 12.1 Å². The molecule has 1 radical (unpaired) electrons. The third kappa shape index (κ3) is 2.23. The predicted molar refractivity (Wildman–Crippen MR) is 50.1 cm³/mol. The molecule has 0 aliphatic carbocycles. The normalized spacial score (nSPS) is 10.1. The van der Waals surface area contributed by atoms with Crippen LogP contribution in [0.1, 0.15) is 20.7 Å². The first kappa shape index (κ1) is 9.61. The van der Waals surface area contributed by atoms with Crippen LogP contribution in [0.25, 0.3) is 0 Å². The molecule has 0 spiro atoms. The number of hydrogen-bond acceptors (Lipinski definition) is 2. The number of nitrogens with zero attached hydrogens (tertiary/aromatic N) is 1. The summed E-state index contributed by atoms with van der Waals surface area (Å²) in [4.78, 5) is 23.2. The number of carbonyl (C=O) groups is 2. The fourth-order valence-electron chi connectivity index (χ4n) is 0.962. The van der Waals surface area contributed by atoms with E-state index in [4.69, 9.17) is 0 Å². The molecule has 0 saturated carbocycles. The molecule has 3 heteroatoms. The van der Waals surface area contributed by atoms with E-state index in [1.54, 1.807) is 38.4 Å². The maximum Gasteiger partial charge on any atom is 0.392 e. The third-order valence-corrected chi connectivity index (χ3v) is 1.70. The number of benzene rings is 1. The molecule has 0 atom stereocenters. The molecule has 13 heavy (non-hydrogen) atoms. The van der Waals surface area contributed by atoms with Crippen LogP contribution < -0.4 is 4.90 Å². The lowest BCUT2D eigenvalue weighted by Gasteiger charge is -1.97. The SMILES string of the molecule is C[N+](C)C(=O)c1ccc(C=O)cc1. The minimum Gasteiger partial charge on any atom is -0.298 e. The van der Waals surface area contributed by atoms with Crippen molar-refractivity contribution in [2.24, 2.45) is 0 Å². The standard InChI is InChI=1S/C10H11NO2/c1-11(2)10(13)9-5-3-8(7-12)4-6-9/h3-7H,1-2H3/q+1. The molecular formula is C10H11NO2+. The Balaban J connectivity index is 2.92. The second-order valence-corrected chi connectivity index (χ2v) is 2.94.